The Hall–Kier alpha value is -2.44. The minimum absolute atomic E-state index is 0.00134. The molecule has 0 saturated carbocycles. The SMILES string of the molecule is COc1cccc(N2C(=S)N[C@@H](c3ccccn3)[C@H]2c2cccs2)c1. The molecule has 4 rings (SSSR count). The molecule has 1 N–H and O–H groups in total. The van der Waals surface area contributed by atoms with E-state index >= 15 is 0 Å². The van der Waals surface area contributed by atoms with Gasteiger partial charge in [-0.25, -0.2) is 0 Å². The van der Waals surface area contributed by atoms with E-state index in [1.165, 1.54) is 4.88 Å². The standard InChI is InChI=1S/C19H17N3OS2/c1-23-14-7-4-6-13(12-14)22-18(16-9-5-11-25-16)17(21-19(22)24)15-8-2-3-10-20-15/h2-12,17-18H,1H3,(H,21,24)/t17-,18+/m0/s1. The summed E-state index contributed by atoms with van der Waals surface area (Å²) >= 11 is 7.41. The molecule has 0 aliphatic carbocycles. The summed E-state index contributed by atoms with van der Waals surface area (Å²) in [5, 5.41) is 6.25. The van der Waals surface area contributed by atoms with Crippen molar-refractivity contribution in [1.82, 2.24) is 10.3 Å². The van der Waals surface area contributed by atoms with Crippen molar-refractivity contribution < 1.29 is 4.74 Å². The van der Waals surface area contributed by atoms with Crippen molar-refractivity contribution in [2.24, 2.45) is 0 Å². The minimum Gasteiger partial charge on any atom is -0.497 e. The minimum atomic E-state index is -0.00134. The van der Waals surface area contributed by atoms with Crippen LogP contribution in [0.25, 0.3) is 0 Å². The van der Waals surface area contributed by atoms with Crippen LogP contribution in [0.15, 0.2) is 66.2 Å². The van der Waals surface area contributed by atoms with E-state index in [2.05, 4.69) is 38.8 Å². The fraction of sp³-hybridized carbons (Fsp3) is 0.158. The zero-order valence-corrected chi connectivity index (χ0v) is 15.3. The van der Waals surface area contributed by atoms with Gasteiger partial charge in [0.2, 0.25) is 0 Å². The van der Waals surface area contributed by atoms with Gasteiger partial charge in [0.25, 0.3) is 0 Å². The highest BCUT2D eigenvalue weighted by atomic mass is 32.1. The maximum absolute atomic E-state index is 5.68. The second-order valence-electron chi connectivity index (χ2n) is 5.71. The van der Waals surface area contributed by atoms with E-state index < -0.39 is 0 Å². The molecule has 1 aliphatic rings. The lowest BCUT2D eigenvalue weighted by Gasteiger charge is -2.27. The number of hydrogen-bond donors (Lipinski definition) is 1. The Kier molecular flexibility index (Phi) is 4.38. The molecule has 1 aromatic carbocycles. The van der Waals surface area contributed by atoms with Gasteiger partial charge in [0.1, 0.15) is 5.75 Å². The van der Waals surface area contributed by atoms with Crippen LogP contribution in [0, 0.1) is 0 Å². The quantitative estimate of drug-likeness (QED) is 0.695. The highest BCUT2D eigenvalue weighted by molar-refractivity contribution is 7.80. The molecule has 126 valence electrons. The molecule has 1 saturated heterocycles. The number of thiocarbonyl (C=S) groups is 1. The molecule has 0 unspecified atom stereocenters. The zero-order chi connectivity index (χ0) is 17.2. The zero-order valence-electron chi connectivity index (χ0n) is 13.6. The molecule has 2 atom stereocenters. The van der Waals surface area contributed by atoms with Crippen molar-refractivity contribution in [2.75, 3.05) is 12.0 Å². The summed E-state index contributed by atoms with van der Waals surface area (Å²) in [4.78, 5) is 7.95. The Bertz CT molecular complexity index is 867. The number of nitrogens with one attached hydrogen (secondary N) is 1. The smallest absolute Gasteiger partial charge is 0.174 e. The second-order valence-corrected chi connectivity index (χ2v) is 7.08. The summed E-state index contributed by atoms with van der Waals surface area (Å²) in [6.07, 6.45) is 1.82. The average Bonchev–Trinajstić information content (AvgIpc) is 3.30. The average molecular weight is 367 g/mol. The Balaban J connectivity index is 1.80. The van der Waals surface area contributed by atoms with Gasteiger partial charge in [-0.05, 0) is 47.9 Å². The van der Waals surface area contributed by atoms with E-state index in [4.69, 9.17) is 17.0 Å². The van der Waals surface area contributed by atoms with Gasteiger partial charge in [0, 0.05) is 22.8 Å². The van der Waals surface area contributed by atoms with E-state index in [9.17, 15) is 0 Å². The van der Waals surface area contributed by atoms with Crippen LogP contribution < -0.4 is 15.0 Å². The number of nitrogens with zero attached hydrogens (tertiary/aromatic N) is 2. The summed E-state index contributed by atoms with van der Waals surface area (Å²) in [6.45, 7) is 0. The first kappa shape index (κ1) is 16.1. The molecular formula is C19H17N3OS2. The number of methoxy groups -OCH3 is 1. The molecule has 0 spiro atoms. The molecule has 1 aliphatic heterocycles. The lowest BCUT2D eigenvalue weighted by molar-refractivity contribution is 0.415. The van der Waals surface area contributed by atoms with Crippen molar-refractivity contribution >= 4 is 34.4 Å². The molecule has 1 fully saturated rings. The molecule has 6 heteroatoms. The maximum atomic E-state index is 5.68. The maximum Gasteiger partial charge on any atom is 0.174 e. The van der Waals surface area contributed by atoms with Crippen molar-refractivity contribution in [3.63, 3.8) is 0 Å². The number of anilines is 1. The topological polar surface area (TPSA) is 37.4 Å². The van der Waals surface area contributed by atoms with Gasteiger partial charge in [0.15, 0.2) is 5.11 Å². The predicted molar refractivity (Wildman–Crippen MR) is 105 cm³/mol. The predicted octanol–water partition coefficient (Wildman–Crippen LogP) is 4.33. The van der Waals surface area contributed by atoms with Gasteiger partial charge in [-0.2, -0.15) is 0 Å². The molecule has 4 nitrogen and oxygen atoms in total. The summed E-state index contributed by atoms with van der Waals surface area (Å²) in [6, 6.07) is 18.2. The van der Waals surface area contributed by atoms with E-state index in [1.54, 1.807) is 18.4 Å². The lowest BCUT2D eigenvalue weighted by Crippen LogP contribution is -2.29. The largest absolute Gasteiger partial charge is 0.497 e. The number of pyridine rings is 1. The normalized spacial score (nSPS) is 19.7. The van der Waals surface area contributed by atoms with Crippen LogP contribution in [-0.4, -0.2) is 17.2 Å². The first-order valence-corrected chi connectivity index (χ1v) is 9.25. The number of rotatable bonds is 4. The second kappa shape index (κ2) is 6.82. The van der Waals surface area contributed by atoms with Crippen LogP contribution in [0.3, 0.4) is 0 Å². The van der Waals surface area contributed by atoms with Crippen molar-refractivity contribution in [3.05, 3.63) is 76.7 Å². The summed E-state index contributed by atoms with van der Waals surface area (Å²) in [7, 11) is 1.67. The first-order valence-electron chi connectivity index (χ1n) is 7.96. The third-order valence-corrected chi connectivity index (χ3v) is 5.52. The van der Waals surface area contributed by atoms with Crippen molar-refractivity contribution in [1.29, 1.82) is 0 Å². The highest BCUT2D eigenvalue weighted by Crippen LogP contribution is 2.43. The van der Waals surface area contributed by atoms with Crippen molar-refractivity contribution in [2.45, 2.75) is 12.1 Å². The number of ether oxygens (including phenoxy) is 1. The third-order valence-electron chi connectivity index (χ3n) is 4.26. The number of benzene rings is 1. The molecule has 3 aromatic rings. The van der Waals surface area contributed by atoms with Crippen LogP contribution in [0.4, 0.5) is 5.69 Å². The van der Waals surface area contributed by atoms with Gasteiger partial charge in [0.05, 0.1) is 24.9 Å². The van der Waals surface area contributed by atoms with Crippen molar-refractivity contribution in [3.8, 4) is 5.75 Å². The van der Waals surface area contributed by atoms with Gasteiger partial charge >= 0.3 is 0 Å². The fourth-order valence-corrected chi connectivity index (χ4v) is 4.34. The summed E-state index contributed by atoms with van der Waals surface area (Å²) < 4.78 is 5.39. The highest BCUT2D eigenvalue weighted by Gasteiger charge is 2.41. The van der Waals surface area contributed by atoms with Crippen LogP contribution in [-0.2, 0) is 0 Å². The van der Waals surface area contributed by atoms with Crippen LogP contribution in [0.2, 0.25) is 0 Å². The summed E-state index contributed by atoms with van der Waals surface area (Å²) in [5.41, 5.74) is 1.99. The lowest BCUT2D eigenvalue weighted by atomic mass is 10.0. The van der Waals surface area contributed by atoms with E-state index in [-0.39, 0.29) is 12.1 Å². The van der Waals surface area contributed by atoms with E-state index in [1.807, 2.05) is 42.6 Å². The van der Waals surface area contributed by atoms with Crippen LogP contribution >= 0.6 is 23.6 Å². The third kappa shape index (κ3) is 2.99. The van der Waals surface area contributed by atoms with Crippen LogP contribution in [0.1, 0.15) is 22.7 Å². The molecule has 0 bridgehead atoms. The Labute approximate surface area is 156 Å². The first-order chi connectivity index (χ1) is 12.3. The number of thiophene rings is 1. The Morgan fingerprint density at radius 2 is 2.08 bits per heavy atom. The van der Waals surface area contributed by atoms with Crippen LogP contribution in [0.5, 0.6) is 5.75 Å². The number of aromatic nitrogens is 1. The van der Waals surface area contributed by atoms with Gasteiger partial charge < -0.3 is 15.0 Å². The van der Waals surface area contributed by atoms with Gasteiger partial charge in [-0.1, -0.05) is 18.2 Å². The van der Waals surface area contributed by atoms with Gasteiger partial charge in [-0.3, -0.25) is 4.98 Å². The molecule has 0 amide bonds. The Morgan fingerprint density at radius 3 is 2.80 bits per heavy atom. The molecule has 0 radical (unpaired) electrons. The van der Waals surface area contributed by atoms with E-state index in [0.29, 0.717) is 5.11 Å². The fourth-order valence-electron chi connectivity index (χ4n) is 3.14. The number of hydrogen-bond acceptors (Lipinski definition) is 4. The van der Waals surface area contributed by atoms with E-state index in [0.717, 1.165) is 17.1 Å². The molecular weight excluding hydrogens is 350 g/mol. The molecule has 2 aromatic heterocycles. The summed E-state index contributed by atoms with van der Waals surface area (Å²) in [5.74, 6) is 0.812. The van der Waals surface area contributed by atoms with Gasteiger partial charge in [-0.15, -0.1) is 11.3 Å². The molecule has 3 heterocycles. The Morgan fingerprint density at radius 1 is 1.16 bits per heavy atom. The monoisotopic (exact) mass is 367 g/mol. The molecule has 25 heavy (non-hydrogen) atoms.